The highest BCUT2D eigenvalue weighted by Gasteiger charge is 2.38. The van der Waals surface area contributed by atoms with Crippen LogP contribution in [0, 0.1) is 5.41 Å². The van der Waals surface area contributed by atoms with Crippen LogP contribution in [-0.2, 0) is 10.0 Å². The van der Waals surface area contributed by atoms with Gasteiger partial charge in [-0.3, -0.25) is 0 Å². The molecule has 3 N–H and O–H groups in total. The minimum absolute atomic E-state index is 0.141. The molecule has 106 valence electrons. The molecule has 20 heavy (non-hydrogen) atoms. The van der Waals surface area contributed by atoms with E-state index in [1.165, 1.54) is 0 Å². The highest BCUT2D eigenvalue weighted by Crippen LogP contribution is 2.44. The number of hydrogen-bond donors (Lipinski definition) is 2. The first kappa shape index (κ1) is 13.4. The van der Waals surface area contributed by atoms with Crippen LogP contribution in [0.15, 0.2) is 41.3 Å². The molecule has 0 saturated heterocycles. The van der Waals surface area contributed by atoms with Crippen molar-refractivity contribution < 1.29 is 8.42 Å². The summed E-state index contributed by atoms with van der Waals surface area (Å²) in [4.78, 5) is 0.319. The Hall–Kier alpha value is -1.59. The van der Waals surface area contributed by atoms with E-state index in [-0.39, 0.29) is 5.41 Å². The molecule has 0 bridgehead atoms. The zero-order chi connectivity index (χ0) is 14.4. The summed E-state index contributed by atoms with van der Waals surface area (Å²) in [6.45, 7) is 2.60. The van der Waals surface area contributed by atoms with Crippen molar-refractivity contribution in [3.05, 3.63) is 36.4 Å². The summed E-state index contributed by atoms with van der Waals surface area (Å²) < 4.78 is 27.7. The summed E-state index contributed by atoms with van der Waals surface area (Å²) >= 11 is 0. The second kappa shape index (κ2) is 4.46. The molecule has 0 atom stereocenters. The van der Waals surface area contributed by atoms with E-state index in [2.05, 4.69) is 11.6 Å². The molecular weight excluding hydrogens is 272 g/mol. The smallest absolute Gasteiger partial charge is 0.241 e. The average molecular weight is 290 g/mol. The lowest BCUT2D eigenvalue weighted by Gasteiger charge is -2.12. The fraction of sp³-hybridized carbons (Fsp3) is 0.333. The first-order chi connectivity index (χ1) is 9.40. The van der Waals surface area contributed by atoms with Gasteiger partial charge in [0, 0.05) is 17.6 Å². The molecule has 1 saturated carbocycles. The van der Waals surface area contributed by atoms with Crippen LogP contribution in [0.25, 0.3) is 10.8 Å². The van der Waals surface area contributed by atoms with Crippen molar-refractivity contribution in [3.8, 4) is 0 Å². The average Bonchev–Trinajstić information content (AvgIpc) is 3.14. The Morgan fingerprint density at radius 2 is 2.00 bits per heavy atom. The Morgan fingerprint density at radius 1 is 1.25 bits per heavy atom. The van der Waals surface area contributed by atoms with Gasteiger partial charge in [0.1, 0.15) is 0 Å². The van der Waals surface area contributed by atoms with Crippen molar-refractivity contribution in [2.75, 3.05) is 12.3 Å². The van der Waals surface area contributed by atoms with Crippen molar-refractivity contribution in [2.45, 2.75) is 24.7 Å². The van der Waals surface area contributed by atoms with Gasteiger partial charge in [0.15, 0.2) is 0 Å². The molecule has 0 unspecified atom stereocenters. The third-order valence-electron chi connectivity index (χ3n) is 3.95. The van der Waals surface area contributed by atoms with Crippen LogP contribution in [0.4, 0.5) is 5.69 Å². The quantitative estimate of drug-likeness (QED) is 0.850. The van der Waals surface area contributed by atoms with Gasteiger partial charge in [-0.2, -0.15) is 0 Å². The minimum Gasteiger partial charge on any atom is -0.399 e. The van der Waals surface area contributed by atoms with E-state index >= 15 is 0 Å². The summed E-state index contributed by atoms with van der Waals surface area (Å²) in [5.41, 5.74) is 6.51. The van der Waals surface area contributed by atoms with E-state index in [1.807, 2.05) is 6.07 Å². The summed E-state index contributed by atoms with van der Waals surface area (Å²) in [5, 5.41) is 1.54. The maximum absolute atomic E-state index is 12.5. The zero-order valence-electron chi connectivity index (χ0n) is 11.4. The number of fused-ring (bicyclic) bond motifs is 1. The number of hydrogen-bond acceptors (Lipinski definition) is 3. The number of benzene rings is 2. The van der Waals surface area contributed by atoms with E-state index in [0.29, 0.717) is 22.5 Å². The molecule has 3 rings (SSSR count). The lowest BCUT2D eigenvalue weighted by atomic mass is 10.1. The van der Waals surface area contributed by atoms with Crippen LogP contribution in [0.2, 0.25) is 0 Å². The van der Waals surface area contributed by atoms with E-state index < -0.39 is 10.0 Å². The number of anilines is 1. The summed E-state index contributed by atoms with van der Waals surface area (Å²) in [6.07, 6.45) is 2.17. The Morgan fingerprint density at radius 3 is 2.70 bits per heavy atom. The number of rotatable bonds is 4. The molecule has 1 fully saturated rings. The molecule has 0 aromatic heterocycles. The monoisotopic (exact) mass is 290 g/mol. The van der Waals surface area contributed by atoms with Crippen LogP contribution in [0.5, 0.6) is 0 Å². The molecule has 1 aliphatic rings. The first-order valence-corrected chi connectivity index (χ1v) is 8.16. The molecule has 0 radical (unpaired) electrons. The first-order valence-electron chi connectivity index (χ1n) is 6.68. The molecule has 5 heteroatoms. The predicted octanol–water partition coefficient (Wildman–Crippen LogP) is 2.50. The minimum atomic E-state index is -3.48. The Balaban J connectivity index is 2.00. The second-order valence-electron chi connectivity index (χ2n) is 5.87. The zero-order valence-corrected chi connectivity index (χ0v) is 12.2. The number of nitrogens with one attached hydrogen (secondary N) is 1. The number of nitrogen functional groups attached to an aromatic ring is 1. The number of nitrogens with two attached hydrogens (primary N) is 1. The topological polar surface area (TPSA) is 72.2 Å². The van der Waals surface area contributed by atoms with Gasteiger partial charge in [0.2, 0.25) is 10.0 Å². The normalized spacial score (nSPS) is 17.2. The third-order valence-corrected chi connectivity index (χ3v) is 5.41. The summed E-state index contributed by atoms with van der Waals surface area (Å²) in [7, 11) is -3.48. The van der Waals surface area contributed by atoms with Crippen LogP contribution < -0.4 is 10.5 Å². The van der Waals surface area contributed by atoms with Crippen LogP contribution in [-0.4, -0.2) is 15.0 Å². The van der Waals surface area contributed by atoms with Crippen molar-refractivity contribution >= 4 is 26.5 Å². The summed E-state index contributed by atoms with van der Waals surface area (Å²) in [6, 6.07) is 10.5. The van der Waals surface area contributed by atoms with E-state index in [9.17, 15) is 8.42 Å². The molecule has 0 spiro atoms. The highest BCUT2D eigenvalue weighted by atomic mass is 32.2. The molecule has 1 aliphatic carbocycles. The Labute approximate surface area is 119 Å². The third kappa shape index (κ3) is 2.51. The molecule has 2 aromatic carbocycles. The molecule has 0 heterocycles. The van der Waals surface area contributed by atoms with Crippen LogP contribution in [0.3, 0.4) is 0 Å². The van der Waals surface area contributed by atoms with Crippen molar-refractivity contribution in [2.24, 2.45) is 5.41 Å². The lowest BCUT2D eigenvalue weighted by Crippen LogP contribution is -2.29. The van der Waals surface area contributed by atoms with Gasteiger partial charge in [-0.25, -0.2) is 13.1 Å². The van der Waals surface area contributed by atoms with Gasteiger partial charge in [-0.05, 0) is 41.8 Å². The maximum Gasteiger partial charge on any atom is 0.241 e. The van der Waals surface area contributed by atoms with E-state index in [1.54, 1.807) is 30.3 Å². The fourth-order valence-electron chi connectivity index (χ4n) is 2.24. The predicted molar refractivity (Wildman–Crippen MR) is 80.9 cm³/mol. The molecule has 2 aromatic rings. The van der Waals surface area contributed by atoms with Crippen molar-refractivity contribution in [3.63, 3.8) is 0 Å². The van der Waals surface area contributed by atoms with E-state index in [0.717, 1.165) is 18.2 Å². The van der Waals surface area contributed by atoms with Gasteiger partial charge in [0.05, 0.1) is 4.90 Å². The Bertz CT molecular complexity index is 765. The van der Waals surface area contributed by atoms with Gasteiger partial charge < -0.3 is 5.73 Å². The van der Waals surface area contributed by atoms with Gasteiger partial charge in [0.25, 0.3) is 0 Å². The standard InChI is InChI=1S/C15H18N2O2S/c1-15(7-8-15)10-17-20(18,19)14-4-2-3-11-9-12(16)5-6-13(11)14/h2-6,9,17H,7-8,10,16H2,1H3. The number of sulfonamides is 1. The SMILES string of the molecule is CC1(CNS(=O)(=O)c2cccc3cc(N)ccc23)CC1. The summed E-state index contributed by atoms with van der Waals surface area (Å²) in [5.74, 6) is 0. The van der Waals surface area contributed by atoms with Crippen molar-refractivity contribution in [1.82, 2.24) is 4.72 Å². The highest BCUT2D eigenvalue weighted by molar-refractivity contribution is 7.89. The van der Waals surface area contributed by atoms with Crippen LogP contribution >= 0.6 is 0 Å². The Kier molecular flexibility index (Phi) is 2.99. The van der Waals surface area contributed by atoms with Crippen LogP contribution in [0.1, 0.15) is 19.8 Å². The fourth-order valence-corrected chi connectivity index (χ4v) is 3.67. The van der Waals surface area contributed by atoms with Gasteiger partial charge in [-0.15, -0.1) is 0 Å². The largest absolute Gasteiger partial charge is 0.399 e. The maximum atomic E-state index is 12.5. The molecule has 4 nitrogen and oxygen atoms in total. The van der Waals surface area contributed by atoms with E-state index in [4.69, 9.17) is 5.73 Å². The molecule has 0 aliphatic heterocycles. The molecule has 0 amide bonds. The lowest BCUT2D eigenvalue weighted by molar-refractivity contribution is 0.531. The molecular formula is C15H18N2O2S. The van der Waals surface area contributed by atoms with Crippen molar-refractivity contribution in [1.29, 1.82) is 0 Å². The second-order valence-corrected chi connectivity index (χ2v) is 7.61. The van der Waals surface area contributed by atoms with Gasteiger partial charge >= 0.3 is 0 Å². The van der Waals surface area contributed by atoms with Gasteiger partial charge in [-0.1, -0.05) is 25.1 Å².